The van der Waals surface area contributed by atoms with Gasteiger partial charge in [-0.05, 0) is 86.8 Å². The molecule has 272 valence electrons. The van der Waals surface area contributed by atoms with Gasteiger partial charge in [-0.2, -0.15) is 0 Å². The van der Waals surface area contributed by atoms with Crippen LogP contribution in [0.15, 0.2) is 59.7 Å². The highest BCUT2D eigenvalue weighted by molar-refractivity contribution is 5.82. The molecular formula is C47H74N2. The van der Waals surface area contributed by atoms with Gasteiger partial charge in [0.2, 0.25) is 11.4 Å². The van der Waals surface area contributed by atoms with Gasteiger partial charge in [0.1, 0.15) is 0 Å². The molecule has 0 amide bonds. The molecule has 2 nitrogen and oxygen atoms in total. The lowest BCUT2D eigenvalue weighted by atomic mass is 9.91. The second kappa shape index (κ2) is 25.5. The third-order valence-electron chi connectivity index (χ3n) is 10.7. The zero-order valence-electron chi connectivity index (χ0n) is 32.6. The zero-order valence-corrected chi connectivity index (χ0v) is 32.6. The first kappa shape index (κ1) is 40.9. The van der Waals surface area contributed by atoms with E-state index in [9.17, 15) is 5.53 Å². The van der Waals surface area contributed by atoms with Crippen LogP contribution in [0.1, 0.15) is 210 Å². The van der Waals surface area contributed by atoms with Crippen molar-refractivity contribution < 1.29 is 4.70 Å². The second-order valence-corrected chi connectivity index (χ2v) is 15.1. The number of unbranched alkanes of at least 4 members (excludes halogenated alkanes) is 19. The molecular weight excluding hydrogens is 593 g/mol. The molecule has 0 radical (unpaired) electrons. The predicted octanol–water partition coefficient (Wildman–Crippen LogP) is 15.8. The largest absolute Gasteiger partial charge is 0.493 e. The van der Waals surface area contributed by atoms with Crippen LogP contribution in [0.25, 0.3) is 16.9 Å². The Morgan fingerprint density at radius 1 is 0.388 bits per heavy atom. The number of aryl methyl sites for hydroxylation is 2. The number of hydrogen-bond acceptors (Lipinski definition) is 0. The van der Waals surface area contributed by atoms with Gasteiger partial charge in [-0.3, -0.25) is 0 Å². The Labute approximate surface area is 303 Å². The third kappa shape index (κ3) is 14.7. The van der Waals surface area contributed by atoms with Gasteiger partial charge in [-0.15, -0.1) is 0 Å². The first-order valence-electron chi connectivity index (χ1n) is 21.3. The highest BCUT2D eigenvalue weighted by atomic mass is 15.2. The molecule has 2 heteroatoms. The van der Waals surface area contributed by atoms with Gasteiger partial charge in [0, 0.05) is 22.3 Å². The van der Waals surface area contributed by atoms with Crippen LogP contribution in [0, 0.1) is 0 Å². The summed E-state index contributed by atoms with van der Waals surface area (Å²) in [6.07, 6.45) is 34.5. The molecule has 0 N–H and O–H groups in total. The van der Waals surface area contributed by atoms with Crippen molar-refractivity contribution in [3.63, 3.8) is 0 Å². The van der Waals surface area contributed by atoms with Crippen molar-refractivity contribution in [2.45, 2.75) is 201 Å². The van der Waals surface area contributed by atoms with Crippen molar-refractivity contribution in [2.75, 3.05) is 0 Å². The summed E-state index contributed by atoms with van der Waals surface area (Å²) in [5, 5.41) is 0. The molecule has 2 aromatic rings. The lowest BCUT2D eigenvalue weighted by Crippen LogP contribution is -2.03. The Balaban J connectivity index is 1.84. The maximum absolute atomic E-state index is 12.2. The van der Waals surface area contributed by atoms with Crippen molar-refractivity contribution in [1.82, 2.24) is 0 Å². The summed E-state index contributed by atoms with van der Waals surface area (Å²) < 4.78 is 1.61. The average Bonchev–Trinajstić information content (AvgIpc) is 3.40. The molecule has 1 heterocycles. The van der Waals surface area contributed by atoms with Crippen molar-refractivity contribution in [1.29, 1.82) is 0 Å². The van der Waals surface area contributed by atoms with Crippen LogP contribution in [0.5, 0.6) is 0 Å². The number of hydrogen-bond donors (Lipinski definition) is 0. The fourth-order valence-corrected chi connectivity index (χ4v) is 7.72. The summed E-state index contributed by atoms with van der Waals surface area (Å²) in [7, 11) is 0. The average molecular weight is 667 g/mol. The van der Waals surface area contributed by atoms with Crippen LogP contribution >= 0.6 is 0 Å². The fourth-order valence-electron chi connectivity index (χ4n) is 7.72. The molecule has 0 aliphatic carbocycles. The zero-order chi connectivity index (χ0) is 34.9. The molecule has 0 bridgehead atoms. The van der Waals surface area contributed by atoms with E-state index < -0.39 is 0 Å². The molecule has 0 saturated carbocycles. The van der Waals surface area contributed by atoms with E-state index in [1.807, 2.05) is 0 Å². The second-order valence-electron chi connectivity index (χ2n) is 15.1. The van der Waals surface area contributed by atoms with Gasteiger partial charge >= 0.3 is 0 Å². The SMILES string of the molecule is CCCCCCCCCCCC1=C(c2cccc(CCCCCCCC)c2)[N+](=[N-])C(c2cccc(CCCCCCCC)c2)=C1CCCC. The molecule has 0 fully saturated rings. The minimum atomic E-state index is 1.03. The van der Waals surface area contributed by atoms with Gasteiger partial charge in [0.25, 0.3) is 0 Å². The molecule has 2 aromatic carbocycles. The monoisotopic (exact) mass is 667 g/mol. The van der Waals surface area contributed by atoms with Crippen molar-refractivity contribution >= 4 is 11.4 Å². The van der Waals surface area contributed by atoms with E-state index >= 15 is 0 Å². The Kier molecular flexibility index (Phi) is 21.3. The van der Waals surface area contributed by atoms with Crippen LogP contribution in [0.4, 0.5) is 0 Å². The topological polar surface area (TPSA) is 25.3 Å². The van der Waals surface area contributed by atoms with Crippen molar-refractivity contribution in [3.05, 3.63) is 87.5 Å². The van der Waals surface area contributed by atoms with E-state index in [0.717, 1.165) is 49.9 Å². The molecule has 0 aromatic heterocycles. The minimum absolute atomic E-state index is 1.03. The summed E-state index contributed by atoms with van der Waals surface area (Å²) >= 11 is 0. The number of nitrogens with zero attached hydrogens (tertiary/aromatic N) is 2. The molecule has 1 aliphatic heterocycles. The summed E-state index contributed by atoms with van der Waals surface area (Å²) in [5.74, 6) is 0. The van der Waals surface area contributed by atoms with Crippen molar-refractivity contribution in [3.8, 4) is 0 Å². The van der Waals surface area contributed by atoms with Crippen LogP contribution in [-0.2, 0) is 12.8 Å². The third-order valence-corrected chi connectivity index (χ3v) is 10.7. The van der Waals surface area contributed by atoms with Gasteiger partial charge in [-0.25, -0.2) is 4.70 Å². The molecule has 3 rings (SSSR count). The van der Waals surface area contributed by atoms with E-state index in [-0.39, 0.29) is 0 Å². The Hall–Kier alpha value is -2.48. The number of allylic oxidation sites excluding steroid dienone is 2. The van der Waals surface area contributed by atoms with Crippen LogP contribution < -0.4 is 0 Å². The van der Waals surface area contributed by atoms with Gasteiger partial charge in [0.05, 0.1) is 0 Å². The maximum atomic E-state index is 12.2. The minimum Gasteiger partial charge on any atom is -0.493 e. The molecule has 49 heavy (non-hydrogen) atoms. The van der Waals surface area contributed by atoms with E-state index in [4.69, 9.17) is 0 Å². The summed E-state index contributed by atoms with van der Waals surface area (Å²) in [4.78, 5) is 0. The molecule has 0 spiro atoms. The van der Waals surface area contributed by atoms with E-state index in [1.54, 1.807) is 4.70 Å². The lowest BCUT2D eigenvalue weighted by molar-refractivity contribution is -0.345. The summed E-state index contributed by atoms with van der Waals surface area (Å²) in [6.45, 7) is 9.17. The smallest absolute Gasteiger partial charge is 0.211 e. The van der Waals surface area contributed by atoms with Gasteiger partial charge < -0.3 is 5.53 Å². The number of rotatable bonds is 29. The summed E-state index contributed by atoms with van der Waals surface area (Å²) in [6, 6.07) is 18.3. The van der Waals surface area contributed by atoms with E-state index in [0.29, 0.717) is 0 Å². The Morgan fingerprint density at radius 2 is 0.714 bits per heavy atom. The summed E-state index contributed by atoms with van der Waals surface area (Å²) in [5.41, 5.74) is 22.3. The first-order chi connectivity index (χ1) is 24.1. The van der Waals surface area contributed by atoms with Gasteiger partial charge in [0.15, 0.2) is 0 Å². The molecule has 0 atom stereocenters. The molecule has 0 saturated heterocycles. The number of benzene rings is 2. The normalized spacial score (nSPS) is 13.3. The Morgan fingerprint density at radius 3 is 1.10 bits per heavy atom. The van der Waals surface area contributed by atoms with E-state index in [1.165, 1.54) is 168 Å². The highest BCUT2D eigenvalue weighted by Gasteiger charge is 2.35. The fraction of sp³-hybridized carbons (Fsp3) is 0.660. The van der Waals surface area contributed by atoms with Crippen LogP contribution in [0.3, 0.4) is 0 Å². The standard InChI is InChI=1S/C47H74N2/c1-5-9-13-16-19-20-21-24-27-37-45-44(36-12-8-4)46(42-34-28-32-40(38-42)30-25-22-17-14-10-6-2)49(48)47(45)43-35-29-33-41(39-43)31-26-23-18-15-11-7-3/h28-29,32-35,38-39H,5-27,30-31,36-37H2,1-4H3. The highest BCUT2D eigenvalue weighted by Crippen LogP contribution is 2.45. The molecule has 0 unspecified atom stereocenters. The maximum Gasteiger partial charge on any atom is 0.211 e. The predicted molar refractivity (Wildman–Crippen MR) is 216 cm³/mol. The Bertz CT molecular complexity index is 1260. The first-order valence-corrected chi connectivity index (χ1v) is 21.3. The van der Waals surface area contributed by atoms with Crippen molar-refractivity contribution in [2.24, 2.45) is 0 Å². The lowest BCUT2D eigenvalue weighted by Gasteiger charge is -2.12. The molecule has 1 aliphatic rings. The van der Waals surface area contributed by atoms with Gasteiger partial charge in [-0.1, -0.05) is 174 Å². The van der Waals surface area contributed by atoms with Crippen LogP contribution in [0.2, 0.25) is 0 Å². The quantitative estimate of drug-likeness (QED) is 0.0610. The van der Waals surface area contributed by atoms with Crippen LogP contribution in [-0.4, -0.2) is 4.70 Å². The van der Waals surface area contributed by atoms with E-state index in [2.05, 4.69) is 76.2 Å².